The molecule has 0 aromatic carbocycles. The van der Waals surface area contributed by atoms with Crippen LogP contribution >= 0.6 is 0 Å². The minimum absolute atomic E-state index is 0. The molecular formula is C17H22N6O3. The lowest BCUT2D eigenvalue weighted by Crippen LogP contribution is -2.46. The van der Waals surface area contributed by atoms with Crippen molar-refractivity contribution >= 4 is 23.4 Å². The first-order valence-corrected chi connectivity index (χ1v) is 8.31. The molecule has 0 radical (unpaired) electrons. The van der Waals surface area contributed by atoms with Crippen LogP contribution in [0.25, 0.3) is 0 Å². The fraction of sp³-hybridized carbons (Fsp3) is 0.353. The average Bonchev–Trinajstić information content (AvgIpc) is 3.15. The summed E-state index contributed by atoms with van der Waals surface area (Å²) in [5.41, 5.74) is 6.39. The molecule has 3 amide bonds. The largest absolute Gasteiger partial charge is 0.366 e. The molecule has 26 heavy (non-hydrogen) atoms. The van der Waals surface area contributed by atoms with E-state index in [0.717, 1.165) is 18.5 Å². The molecule has 138 valence electrons. The number of aromatic nitrogens is 3. The Morgan fingerprint density at radius 2 is 2.15 bits per heavy atom. The predicted molar refractivity (Wildman–Crippen MR) is 94.9 cm³/mol. The van der Waals surface area contributed by atoms with Crippen molar-refractivity contribution in [1.82, 2.24) is 20.1 Å². The molecule has 2 aromatic rings. The number of rotatable bonds is 3. The maximum atomic E-state index is 12.7. The molecule has 1 aliphatic heterocycles. The van der Waals surface area contributed by atoms with E-state index >= 15 is 0 Å². The number of carbonyl (C=O) groups is 3. The Morgan fingerprint density at radius 3 is 2.85 bits per heavy atom. The summed E-state index contributed by atoms with van der Waals surface area (Å²) in [5, 5.41) is 9.30. The number of H-pyrrole nitrogens is 1. The highest BCUT2D eigenvalue weighted by Gasteiger charge is 2.34. The highest BCUT2D eigenvalue weighted by Crippen LogP contribution is 2.32. The topological polar surface area (TPSA) is 134 Å². The lowest BCUT2D eigenvalue weighted by molar-refractivity contribution is -0.146. The van der Waals surface area contributed by atoms with Gasteiger partial charge in [0.05, 0.1) is 29.2 Å². The van der Waals surface area contributed by atoms with Gasteiger partial charge in [-0.15, -0.1) is 0 Å². The van der Waals surface area contributed by atoms with Gasteiger partial charge < -0.3 is 16.0 Å². The second-order valence-electron chi connectivity index (χ2n) is 6.45. The Hall–Kier alpha value is -3.23. The Morgan fingerprint density at radius 1 is 1.35 bits per heavy atom. The predicted octanol–water partition coefficient (Wildman–Crippen LogP) is 1.09. The van der Waals surface area contributed by atoms with Gasteiger partial charge in [-0.25, -0.2) is 0 Å². The summed E-state index contributed by atoms with van der Waals surface area (Å²) in [6, 6.07) is 2.96. The first kappa shape index (κ1) is 17.6. The van der Waals surface area contributed by atoms with Gasteiger partial charge in [0.15, 0.2) is 0 Å². The molecule has 1 aliphatic rings. The number of anilines is 1. The second kappa shape index (κ2) is 7.34. The van der Waals surface area contributed by atoms with Crippen molar-refractivity contribution in [2.24, 2.45) is 11.7 Å². The molecule has 2 aromatic heterocycles. The summed E-state index contributed by atoms with van der Waals surface area (Å²) in [6.07, 6.45) is 5.97. The van der Waals surface area contributed by atoms with Crippen LogP contribution in [0.3, 0.4) is 0 Å². The van der Waals surface area contributed by atoms with Crippen LogP contribution in [0.5, 0.6) is 0 Å². The van der Waals surface area contributed by atoms with E-state index < -0.39 is 17.7 Å². The van der Waals surface area contributed by atoms with E-state index in [-0.39, 0.29) is 18.7 Å². The van der Waals surface area contributed by atoms with Crippen molar-refractivity contribution in [3.63, 3.8) is 0 Å². The number of nitrogens with zero attached hydrogens (tertiary/aromatic N) is 3. The van der Waals surface area contributed by atoms with E-state index in [2.05, 4.69) is 20.5 Å². The molecule has 3 rings (SSSR count). The number of nitrogens with one attached hydrogen (secondary N) is 2. The molecule has 9 heteroatoms. The van der Waals surface area contributed by atoms with E-state index in [4.69, 9.17) is 5.73 Å². The van der Waals surface area contributed by atoms with E-state index in [1.54, 1.807) is 17.2 Å². The molecule has 0 unspecified atom stereocenters. The van der Waals surface area contributed by atoms with Crippen LogP contribution < -0.4 is 11.1 Å². The van der Waals surface area contributed by atoms with Gasteiger partial charge in [-0.05, 0) is 30.9 Å². The summed E-state index contributed by atoms with van der Waals surface area (Å²) in [4.78, 5) is 41.8. The van der Waals surface area contributed by atoms with Gasteiger partial charge in [0, 0.05) is 20.4 Å². The standard InChI is InChI=1S/C17H20N6O3.H2/c1-10-2-3-14(13-4-5-20-22-13)23(9-10)17(26)16(25)21-12-6-11(15(18)24)7-19-8-12;/h4-8,10,14H,2-3,9H2,1H3,(H2,18,24)(H,20,22)(H,21,25);1H/t10-,14+;/m0./s1. The number of aromatic amines is 1. The monoisotopic (exact) mass is 358 g/mol. The third-order valence-electron chi connectivity index (χ3n) is 4.43. The van der Waals surface area contributed by atoms with Crippen LogP contribution in [0.15, 0.2) is 30.7 Å². The highest BCUT2D eigenvalue weighted by molar-refractivity contribution is 6.39. The van der Waals surface area contributed by atoms with Crippen LogP contribution in [0.1, 0.15) is 43.3 Å². The molecule has 0 saturated carbocycles. The highest BCUT2D eigenvalue weighted by atomic mass is 16.2. The Bertz CT molecular complexity index is 826. The van der Waals surface area contributed by atoms with Gasteiger partial charge in [0.25, 0.3) is 0 Å². The fourth-order valence-corrected chi connectivity index (χ4v) is 3.11. The number of hydrogen-bond donors (Lipinski definition) is 3. The average molecular weight is 358 g/mol. The molecule has 1 saturated heterocycles. The van der Waals surface area contributed by atoms with E-state index in [0.29, 0.717) is 12.5 Å². The number of primary amides is 1. The van der Waals surface area contributed by atoms with Crippen LogP contribution in [0.2, 0.25) is 0 Å². The molecule has 4 N–H and O–H groups in total. The summed E-state index contributed by atoms with van der Waals surface area (Å²) < 4.78 is 0. The number of amides is 3. The first-order chi connectivity index (χ1) is 12.5. The summed E-state index contributed by atoms with van der Waals surface area (Å²) in [5.74, 6) is -1.79. The molecule has 0 aliphatic carbocycles. The van der Waals surface area contributed by atoms with Crippen molar-refractivity contribution < 1.29 is 15.8 Å². The zero-order valence-electron chi connectivity index (χ0n) is 14.3. The third kappa shape index (κ3) is 3.71. The summed E-state index contributed by atoms with van der Waals surface area (Å²) in [6.45, 7) is 2.52. The van der Waals surface area contributed by atoms with Crippen LogP contribution in [-0.2, 0) is 9.59 Å². The van der Waals surface area contributed by atoms with Crippen LogP contribution in [0, 0.1) is 5.92 Å². The maximum Gasteiger partial charge on any atom is 0.313 e. The molecular weight excluding hydrogens is 336 g/mol. The number of pyridine rings is 1. The molecule has 9 nitrogen and oxygen atoms in total. The number of nitrogens with two attached hydrogens (primary N) is 1. The molecule has 3 heterocycles. The number of piperidine rings is 1. The van der Waals surface area contributed by atoms with Gasteiger partial charge in [-0.1, -0.05) is 6.92 Å². The van der Waals surface area contributed by atoms with Crippen LogP contribution in [0.4, 0.5) is 5.69 Å². The van der Waals surface area contributed by atoms with Crippen molar-refractivity contribution in [3.05, 3.63) is 42.0 Å². The summed E-state index contributed by atoms with van der Waals surface area (Å²) in [7, 11) is 0. The maximum absolute atomic E-state index is 12.7. The minimum atomic E-state index is -0.785. The number of hydrogen-bond acceptors (Lipinski definition) is 5. The van der Waals surface area contributed by atoms with Gasteiger partial charge in [-0.3, -0.25) is 24.5 Å². The lowest BCUT2D eigenvalue weighted by atomic mass is 9.92. The van der Waals surface area contributed by atoms with Crippen molar-refractivity contribution in [2.75, 3.05) is 11.9 Å². The number of carbonyl (C=O) groups excluding carboxylic acids is 3. The van der Waals surface area contributed by atoms with Crippen molar-refractivity contribution in [1.29, 1.82) is 0 Å². The molecule has 1 fully saturated rings. The zero-order chi connectivity index (χ0) is 18.7. The van der Waals surface area contributed by atoms with E-state index in [1.807, 2.05) is 6.92 Å². The first-order valence-electron chi connectivity index (χ1n) is 8.31. The molecule has 0 spiro atoms. The minimum Gasteiger partial charge on any atom is -0.366 e. The van der Waals surface area contributed by atoms with E-state index in [1.165, 1.54) is 18.5 Å². The molecule has 2 atom stereocenters. The van der Waals surface area contributed by atoms with Crippen LogP contribution in [-0.4, -0.2) is 44.3 Å². The van der Waals surface area contributed by atoms with Gasteiger partial charge in [0.2, 0.25) is 5.91 Å². The SMILES string of the molecule is C[C@H]1CC[C@H](c2ccn[nH]2)N(C(=O)C(=O)Nc2cncc(C(N)=O)c2)C1.[HH]. The third-order valence-corrected chi connectivity index (χ3v) is 4.43. The van der Waals surface area contributed by atoms with E-state index in [9.17, 15) is 14.4 Å². The Balaban J connectivity index is 0.00000261. The van der Waals surface area contributed by atoms with Gasteiger partial charge in [0.1, 0.15) is 0 Å². The normalized spacial score (nSPS) is 19.8. The van der Waals surface area contributed by atoms with Gasteiger partial charge in [-0.2, -0.15) is 5.10 Å². The smallest absolute Gasteiger partial charge is 0.313 e. The second-order valence-corrected chi connectivity index (χ2v) is 6.45. The Labute approximate surface area is 151 Å². The number of likely N-dealkylation sites (tertiary alicyclic amines) is 1. The quantitative estimate of drug-likeness (QED) is 0.706. The van der Waals surface area contributed by atoms with Crippen molar-refractivity contribution in [2.45, 2.75) is 25.8 Å². The Kier molecular flexibility index (Phi) is 4.97. The lowest BCUT2D eigenvalue weighted by Gasteiger charge is -2.37. The summed E-state index contributed by atoms with van der Waals surface area (Å²) >= 11 is 0. The zero-order valence-corrected chi connectivity index (χ0v) is 14.3. The van der Waals surface area contributed by atoms with Gasteiger partial charge >= 0.3 is 11.8 Å². The van der Waals surface area contributed by atoms with Crippen molar-refractivity contribution in [3.8, 4) is 0 Å². The molecule has 0 bridgehead atoms. The fourth-order valence-electron chi connectivity index (χ4n) is 3.11.